The van der Waals surface area contributed by atoms with Crippen molar-refractivity contribution >= 4 is 26.9 Å². The molecule has 0 radical (unpaired) electrons. The second-order valence-electron chi connectivity index (χ2n) is 7.17. The van der Waals surface area contributed by atoms with Crippen molar-refractivity contribution in [1.82, 2.24) is 9.79 Å². The average molecular weight is 442 g/mol. The van der Waals surface area contributed by atoms with E-state index in [1.54, 1.807) is 29.8 Å². The number of carbonyl (C=O) groups excluding carboxylic acids is 1. The van der Waals surface area contributed by atoms with E-state index >= 15 is 0 Å². The Balaban J connectivity index is 1.93. The van der Waals surface area contributed by atoms with Crippen molar-refractivity contribution in [2.45, 2.75) is 23.3 Å². The van der Waals surface area contributed by atoms with Gasteiger partial charge >= 0.3 is 0 Å². The van der Waals surface area contributed by atoms with Gasteiger partial charge in [-0.3, -0.25) is 10.0 Å². The van der Waals surface area contributed by atoms with E-state index in [9.17, 15) is 18.4 Å². The molecule has 162 valence electrons. The number of methoxy groups -OCH3 is 1. The average Bonchev–Trinajstić information content (AvgIpc) is 3.10. The summed E-state index contributed by atoms with van der Waals surface area (Å²) in [4.78, 5) is 13.1. The van der Waals surface area contributed by atoms with Crippen molar-refractivity contribution < 1.29 is 27.6 Å². The fourth-order valence-corrected chi connectivity index (χ4v) is 5.59. The first-order valence-electron chi connectivity index (χ1n) is 9.69. The molecule has 0 saturated carbocycles. The van der Waals surface area contributed by atoms with Crippen LogP contribution in [0, 0.1) is 0 Å². The van der Waals surface area contributed by atoms with E-state index in [-0.39, 0.29) is 23.6 Å². The van der Waals surface area contributed by atoms with Gasteiger partial charge in [-0.15, -0.1) is 0 Å². The zero-order valence-electron chi connectivity index (χ0n) is 16.8. The molecule has 0 aliphatic carbocycles. The molecule has 1 unspecified atom stereocenters. The molecule has 2 heterocycles. The van der Waals surface area contributed by atoms with Crippen LogP contribution in [-0.4, -0.2) is 37.5 Å². The monoisotopic (exact) mass is 442 g/mol. The van der Waals surface area contributed by atoms with Gasteiger partial charge in [0.2, 0.25) is 10.0 Å². The zero-order chi connectivity index (χ0) is 22.1. The number of hydrogen-bond acceptors (Lipinski definition) is 6. The molecular weight excluding hydrogens is 420 g/mol. The Morgan fingerprint density at radius 3 is 2.58 bits per heavy atom. The van der Waals surface area contributed by atoms with E-state index in [1.807, 2.05) is 18.2 Å². The molecule has 3 aromatic rings. The number of hydroxylamine groups is 1. The van der Waals surface area contributed by atoms with Gasteiger partial charge in [-0.25, -0.2) is 13.9 Å². The van der Waals surface area contributed by atoms with Gasteiger partial charge in [0.1, 0.15) is 17.1 Å². The van der Waals surface area contributed by atoms with Gasteiger partial charge in [-0.2, -0.15) is 4.31 Å². The Bertz CT molecular complexity index is 1200. The van der Waals surface area contributed by atoms with Crippen molar-refractivity contribution in [3.05, 3.63) is 72.5 Å². The second-order valence-corrected chi connectivity index (χ2v) is 9.03. The van der Waals surface area contributed by atoms with E-state index in [1.165, 1.54) is 31.4 Å². The predicted octanol–water partition coefficient (Wildman–Crippen LogP) is 3.18. The molecule has 31 heavy (non-hydrogen) atoms. The van der Waals surface area contributed by atoms with Crippen LogP contribution in [0.15, 0.2) is 76.1 Å². The SMILES string of the molecule is COc1ccc(S(=O)(=O)N2CC=CCCC2(C(=O)NO)c2cc3ccccc3o2)cc1. The highest BCUT2D eigenvalue weighted by molar-refractivity contribution is 7.89. The molecule has 4 rings (SSSR count). The number of amides is 1. The molecule has 2 aromatic carbocycles. The van der Waals surface area contributed by atoms with E-state index in [0.717, 1.165) is 9.69 Å². The minimum atomic E-state index is -4.16. The van der Waals surface area contributed by atoms with E-state index in [2.05, 4.69) is 0 Å². The van der Waals surface area contributed by atoms with Gasteiger partial charge in [0, 0.05) is 11.9 Å². The van der Waals surface area contributed by atoms with E-state index < -0.39 is 21.5 Å². The summed E-state index contributed by atoms with van der Waals surface area (Å²) < 4.78 is 39.6. The quantitative estimate of drug-likeness (QED) is 0.357. The number of fused-ring (bicyclic) bond motifs is 1. The lowest BCUT2D eigenvalue weighted by Crippen LogP contribution is -2.57. The van der Waals surface area contributed by atoms with Crippen molar-refractivity contribution in [2.24, 2.45) is 0 Å². The van der Waals surface area contributed by atoms with Crippen LogP contribution < -0.4 is 10.2 Å². The first-order valence-corrected chi connectivity index (χ1v) is 11.1. The molecular formula is C22H22N2O6S. The van der Waals surface area contributed by atoms with Gasteiger partial charge in [-0.1, -0.05) is 30.4 Å². The van der Waals surface area contributed by atoms with Crippen LogP contribution in [0.25, 0.3) is 11.0 Å². The maximum Gasteiger partial charge on any atom is 0.272 e. The summed E-state index contributed by atoms with van der Waals surface area (Å²) in [7, 11) is -2.68. The fourth-order valence-electron chi connectivity index (χ4n) is 3.90. The standard InChI is InChI=1S/C22H22N2O6S/c1-29-17-9-11-18(12-10-17)31(27,28)24-14-6-2-5-13-22(24,21(25)23-26)20-15-16-7-3-4-8-19(16)30-20/h2-4,6-12,15,26H,5,13-14H2,1H3,(H,23,25). The Hall–Kier alpha value is -3.14. The number of allylic oxidation sites excluding steroid dienone is 1. The normalized spacial score (nSPS) is 19.8. The maximum atomic E-state index is 13.7. The lowest BCUT2D eigenvalue weighted by atomic mass is 9.89. The Morgan fingerprint density at radius 1 is 1.16 bits per heavy atom. The molecule has 2 N–H and O–H groups in total. The highest BCUT2D eigenvalue weighted by Crippen LogP contribution is 2.41. The van der Waals surface area contributed by atoms with Gasteiger partial charge < -0.3 is 9.15 Å². The van der Waals surface area contributed by atoms with Crippen LogP contribution in [0.3, 0.4) is 0 Å². The first kappa shape index (κ1) is 21.1. The molecule has 0 fully saturated rings. The summed E-state index contributed by atoms with van der Waals surface area (Å²) in [6, 6.07) is 14.7. The summed E-state index contributed by atoms with van der Waals surface area (Å²) in [6.45, 7) is -0.0706. The van der Waals surface area contributed by atoms with Crippen molar-refractivity contribution in [3.63, 3.8) is 0 Å². The van der Waals surface area contributed by atoms with Crippen LogP contribution in [-0.2, 0) is 20.4 Å². The minimum absolute atomic E-state index is 0.00479. The molecule has 8 nitrogen and oxygen atoms in total. The van der Waals surface area contributed by atoms with Crippen molar-refractivity contribution in [2.75, 3.05) is 13.7 Å². The summed E-state index contributed by atoms with van der Waals surface area (Å²) in [5, 5.41) is 10.3. The highest BCUT2D eigenvalue weighted by Gasteiger charge is 2.53. The summed E-state index contributed by atoms with van der Waals surface area (Å²) in [5.74, 6) is -0.236. The number of rotatable bonds is 5. The van der Waals surface area contributed by atoms with Gasteiger partial charge in [-0.05, 0) is 49.2 Å². The second kappa shape index (κ2) is 8.18. The minimum Gasteiger partial charge on any atom is -0.497 e. The smallest absolute Gasteiger partial charge is 0.272 e. The Labute approximate surface area is 179 Å². The molecule has 1 aliphatic heterocycles. The third-order valence-corrected chi connectivity index (χ3v) is 7.40. The Morgan fingerprint density at radius 2 is 1.90 bits per heavy atom. The fraction of sp³-hybridized carbons (Fsp3) is 0.227. The highest BCUT2D eigenvalue weighted by atomic mass is 32.2. The number of nitrogens with one attached hydrogen (secondary N) is 1. The molecule has 1 aliphatic rings. The van der Waals surface area contributed by atoms with Crippen LogP contribution in [0.2, 0.25) is 0 Å². The summed E-state index contributed by atoms with van der Waals surface area (Å²) >= 11 is 0. The van der Waals surface area contributed by atoms with Crippen molar-refractivity contribution in [1.29, 1.82) is 0 Å². The lowest BCUT2D eigenvalue weighted by Gasteiger charge is -2.38. The van der Waals surface area contributed by atoms with Crippen LogP contribution in [0.5, 0.6) is 5.75 Å². The number of hydrogen-bond donors (Lipinski definition) is 2. The molecule has 1 atom stereocenters. The maximum absolute atomic E-state index is 13.7. The molecule has 1 amide bonds. The van der Waals surface area contributed by atoms with E-state index in [4.69, 9.17) is 9.15 Å². The first-order chi connectivity index (χ1) is 14.9. The molecule has 0 bridgehead atoms. The summed E-state index contributed by atoms with van der Waals surface area (Å²) in [5.41, 5.74) is 0.399. The molecule has 1 aromatic heterocycles. The van der Waals surface area contributed by atoms with E-state index in [0.29, 0.717) is 17.8 Å². The third kappa shape index (κ3) is 3.50. The number of furan rings is 1. The predicted molar refractivity (Wildman–Crippen MR) is 113 cm³/mol. The third-order valence-electron chi connectivity index (χ3n) is 5.49. The van der Waals surface area contributed by atoms with Gasteiger partial charge in [0.25, 0.3) is 5.91 Å². The van der Waals surface area contributed by atoms with Crippen LogP contribution in [0.1, 0.15) is 18.6 Å². The topological polar surface area (TPSA) is 109 Å². The number of nitrogens with zero attached hydrogens (tertiary/aromatic N) is 1. The number of carbonyl (C=O) groups is 1. The Kier molecular flexibility index (Phi) is 5.57. The van der Waals surface area contributed by atoms with Crippen molar-refractivity contribution in [3.8, 4) is 5.75 Å². The van der Waals surface area contributed by atoms with Gasteiger partial charge in [0.15, 0.2) is 5.54 Å². The van der Waals surface area contributed by atoms with Crippen LogP contribution >= 0.6 is 0 Å². The van der Waals surface area contributed by atoms with Gasteiger partial charge in [0.05, 0.1) is 12.0 Å². The molecule has 9 heteroatoms. The zero-order valence-corrected chi connectivity index (χ0v) is 17.6. The number of sulfonamides is 1. The summed E-state index contributed by atoms with van der Waals surface area (Å²) in [6.07, 6.45) is 4.01. The number of ether oxygens (including phenoxy) is 1. The molecule has 0 saturated heterocycles. The van der Waals surface area contributed by atoms with Crippen LogP contribution in [0.4, 0.5) is 0 Å². The lowest BCUT2D eigenvalue weighted by molar-refractivity contribution is -0.141. The molecule has 0 spiro atoms. The number of benzene rings is 2. The number of para-hydroxylation sites is 1. The largest absolute Gasteiger partial charge is 0.497 e.